The second kappa shape index (κ2) is 8.34. The summed E-state index contributed by atoms with van der Waals surface area (Å²) in [5.41, 5.74) is 2.10. The highest BCUT2D eigenvalue weighted by Crippen LogP contribution is 2.26. The molecule has 8 heteroatoms. The average molecular weight is 402 g/mol. The maximum atomic E-state index is 12.5. The summed E-state index contributed by atoms with van der Waals surface area (Å²) < 4.78 is 32.7. The number of hydrogen-bond acceptors (Lipinski definition) is 5. The third-order valence-corrected chi connectivity index (χ3v) is 6.47. The molecule has 1 heterocycles. The van der Waals surface area contributed by atoms with Crippen LogP contribution in [0.15, 0.2) is 70.3 Å². The third kappa shape index (κ3) is 4.73. The van der Waals surface area contributed by atoms with Crippen LogP contribution in [0.4, 0.5) is 11.4 Å². The van der Waals surface area contributed by atoms with E-state index in [0.717, 1.165) is 16.9 Å². The van der Waals surface area contributed by atoms with Crippen LogP contribution in [0, 0.1) is 0 Å². The van der Waals surface area contributed by atoms with Gasteiger partial charge in [0.05, 0.1) is 18.0 Å². The van der Waals surface area contributed by atoms with Crippen LogP contribution in [0.2, 0.25) is 0 Å². The Labute approximate surface area is 161 Å². The van der Waals surface area contributed by atoms with Crippen LogP contribution in [0.3, 0.4) is 0 Å². The molecule has 27 heavy (non-hydrogen) atoms. The molecule has 6 nitrogen and oxygen atoms in total. The first kappa shape index (κ1) is 19.1. The Morgan fingerprint density at radius 1 is 1.00 bits per heavy atom. The van der Waals surface area contributed by atoms with Gasteiger partial charge in [-0.3, -0.25) is 9.52 Å². The number of para-hydroxylation sites is 2. The van der Waals surface area contributed by atoms with E-state index in [2.05, 4.69) is 10.0 Å². The summed E-state index contributed by atoms with van der Waals surface area (Å²) in [7, 11) is -2.10. The first-order valence-electron chi connectivity index (χ1n) is 8.04. The van der Waals surface area contributed by atoms with Gasteiger partial charge in [0.25, 0.3) is 15.9 Å². The topological polar surface area (TPSA) is 84.5 Å². The number of ether oxygens (including phenoxy) is 1. The maximum Gasteiger partial charge on any atom is 0.271 e. The Balaban J connectivity index is 1.79. The molecule has 140 valence electrons. The molecule has 0 bridgehead atoms. The second-order valence-corrected chi connectivity index (χ2v) is 8.52. The number of sulfonamides is 1. The van der Waals surface area contributed by atoms with Crippen LogP contribution in [-0.2, 0) is 21.4 Å². The number of methoxy groups -OCH3 is 1. The quantitative estimate of drug-likeness (QED) is 0.627. The Morgan fingerprint density at radius 2 is 1.70 bits per heavy atom. The molecule has 3 rings (SSSR count). The monoisotopic (exact) mass is 402 g/mol. The van der Waals surface area contributed by atoms with E-state index in [0.29, 0.717) is 23.5 Å². The van der Waals surface area contributed by atoms with Crippen molar-refractivity contribution in [3.05, 3.63) is 77.2 Å². The zero-order valence-corrected chi connectivity index (χ0v) is 16.1. The molecule has 1 aromatic heterocycles. The highest BCUT2D eigenvalue weighted by molar-refractivity contribution is 7.94. The van der Waals surface area contributed by atoms with Crippen LogP contribution >= 0.6 is 11.3 Å². The summed E-state index contributed by atoms with van der Waals surface area (Å²) >= 11 is 1.12. The molecule has 2 aromatic carbocycles. The van der Waals surface area contributed by atoms with E-state index in [4.69, 9.17) is 4.74 Å². The SMILES string of the molecule is COCc1ccc(C(=O)Nc2ccccc2NS(=O)(=O)c2cccs2)cc1. The molecule has 0 atom stereocenters. The molecular formula is C19H18N2O4S2. The fourth-order valence-electron chi connectivity index (χ4n) is 2.41. The van der Waals surface area contributed by atoms with Crippen molar-refractivity contribution in [3.8, 4) is 0 Å². The van der Waals surface area contributed by atoms with Gasteiger partial charge in [-0.15, -0.1) is 11.3 Å². The Hall–Kier alpha value is -2.68. The Kier molecular flexibility index (Phi) is 5.90. The Morgan fingerprint density at radius 3 is 2.33 bits per heavy atom. The van der Waals surface area contributed by atoms with Gasteiger partial charge in [0.2, 0.25) is 0 Å². The number of amides is 1. The minimum atomic E-state index is -3.70. The smallest absolute Gasteiger partial charge is 0.271 e. The van der Waals surface area contributed by atoms with Gasteiger partial charge in [-0.25, -0.2) is 8.42 Å². The number of rotatable bonds is 7. The van der Waals surface area contributed by atoms with Gasteiger partial charge in [-0.05, 0) is 41.3 Å². The molecule has 3 aromatic rings. The highest BCUT2D eigenvalue weighted by Gasteiger charge is 2.17. The Bertz CT molecular complexity index is 1010. The van der Waals surface area contributed by atoms with Crippen molar-refractivity contribution in [2.45, 2.75) is 10.8 Å². The third-order valence-electron chi connectivity index (χ3n) is 3.71. The molecule has 0 fully saturated rings. The van der Waals surface area contributed by atoms with Gasteiger partial charge in [0, 0.05) is 12.7 Å². The standard InChI is InChI=1S/C19H18N2O4S2/c1-25-13-14-8-10-15(11-9-14)19(22)20-16-5-2-3-6-17(16)21-27(23,24)18-7-4-12-26-18/h2-12,21H,13H2,1H3,(H,20,22). The lowest BCUT2D eigenvalue weighted by Gasteiger charge is -2.13. The summed E-state index contributed by atoms with van der Waals surface area (Å²) in [6.45, 7) is 0.467. The molecule has 0 aliphatic rings. The predicted octanol–water partition coefficient (Wildman–Crippen LogP) is 3.95. The predicted molar refractivity (Wildman–Crippen MR) is 107 cm³/mol. The average Bonchev–Trinajstić information content (AvgIpc) is 3.20. The zero-order valence-electron chi connectivity index (χ0n) is 14.5. The van der Waals surface area contributed by atoms with Crippen LogP contribution in [0.25, 0.3) is 0 Å². The van der Waals surface area contributed by atoms with Gasteiger partial charge in [-0.1, -0.05) is 30.3 Å². The van der Waals surface area contributed by atoms with Crippen LogP contribution in [0.1, 0.15) is 15.9 Å². The van der Waals surface area contributed by atoms with Crippen molar-refractivity contribution >= 4 is 38.6 Å². The maximum absolute atomic E-state index is 12.5. The fourth-order valence-corrected chi connectivity index (χ4v) is 4.48. The summed E-state index contributed by atoms with van der Waals surface area (Å²) in [5, 5.41) is 4.44. The van der Waals surface area contributed by atoms with E-state index in [1.807, 2.05) is 12.1 Å². The molecule has 0 saturated carbocycles. The molecule has 0 spiro atoms. The van der Waals surface area contributed by atoms with Crippen molar-refractivity contribution in [2.24, 2.45) is 0 Å². The van der Waals surface area contributed by atoms with Gasteiger partial charge < -0.3 is 10.1 Å². The minimum Gasteiger partial charge on any atom is -0.380 e. The first-order valence-corrected chi connectivity index (χ1v) is 10.4. The minimum absolute atomic E-state index is 0.206. The molecule has 0 radical (unpaired) electrons. The molecule has 0 aliphatic carbocycles. The fraction of sp³-hybridized carbons (Fsp3) is 0.105. The van der Waals surface area contributed by atoms with Gasteiger partial charge in [-0.2, -0.15) is 0 Å². The number of thiophene rings is 1. The van der Waals surface area contributed by atoms with Crippen molar-refractivity contribution in [1.82, 2.24) is 0 Å². The van der Waals surface area contributed by atoms with Crippen LogP contribution in [0.5, 0.6) is 0 Å². The van der Waals surface area contributed by atoms with Crippen LogP contribution < -0.4 is 10.0 Å². The number of carbonyl (C=O) groups excluding carboxylic acids is 1. The van der Waals surface area contributed by atoms with Crippen molar-refractivity contribution in [3.63, 3.8) is 0 Å². The largest absolute Gasteiger partial charge is 0.380 e. The lowest BCUT2D eigenvalue weighted by Crippen LogP contribution is -2.16. The zero-order chi connectivity index (χ0) is 19.3. The molecule has 2 N–H and O–H groups in total. The lowest BCUT2D eigenvalue weighted by atomic mass is 10.1. The van der Waals surface area contributed by atoms with E-state index in [9.17, 15) is 13.2 Å². The van der Waals surface area contributed by atoms with Gasteiger partial charge in [0.15, 0.2) is 0 Å². The molecule has 0 saturated heterocycles. The van der Waals surface area contributed by atoms with Crippen LogP contribution in [-0.4, -0.2) is 21.4 Å². The van der Waals surface area contributed by atoms with Crippen molar-refractivity contribution < 1.29 is 17.9 Å². The summed E-state index contributed by atoms with van der Waals surface area (Å²) in [4.78, 5) is 12.5. The molecular weight excluding hydrogens is 384 g/mol. The number of benzene rings is 2. The van der Waals surface area contributed by atoms with Crippen molar-refractivity contribution in [1.29, 1.82) is 0 Å². The highest BCUT2D eigenvalue weighted by atomic mass is 32.2. The number of nitrogens with one attached hydrogen (secondary N) is 2. The van der Waals surface area contributed by atoms with E-state index in [1.54, 1.807) is 55.0 Å². The molecule has 0 unspecified atom stereocenters. The summed E-state index contributed by atoms with van der Waals surface area (Å²) in [5.74, 6) is -0.332. The number of hydrogen-bond donors (Lipinski definition) is 2. The van der Waals surface area contributed by atoms with E-state index in [-0.39, 0.29) is 10.1 Å². The number of anilines is 2. The van der Waals surface area contributed by atoms with E-state index in [1.165, 1.54) is 6.07 Å². The van der Waals surface area contributed by atoms with E-state index >= 15 is 0 Å². The second-order valence-electron chi connectivity index (χ2n) is 5.67. The summed E-state index contributed by atoms with van der Waals surface area (Å²) in [6.07, 6.45) is 0. The molecule has 1 amide bonds. The number of carbonyl (C=O) groups is 1. The molecule has 0 aliphatic heterocycles. The normalized spacial score (nSPS) is 11.1. The van der Waals surface area contributed by atoms with E-state index < -0.39 is 10.0 Å². The summed E-state index contributed by atoms with van der Waals surface area (Å²) in [6, 6.07) is 16.9. The first-order chi connectivity index (χ1) is 13.0. The lowest BCUT2D eigenvalue weighted by molar-refractivity contribution is 0.102. The van der Waals surface area contributed by atoms with Gasteiger partial charge in [0.1, 0.15) is 4.21 Å². The van der Waals surface area contributed by atoms with Crippen molar-refractivity contribution in [2.75, 3.05) is 17.1 Å². The van der Waals surface area contributed by atoms with Gasteiger partial charge >= 0.3 is 0 Å².